The zero-order valence-electron chi connectivity index (χ0n) is 12.4. The van der Waals surface area contributed by atoms with E-state index >= 15 is 0 Å². The molecule has 1 aliphatic carbocycles. The normalized spacial score (nSPS) is 14.6. The van der Waals surface area contributed by atoms with Gasteiger partial charge in [-0.15, -0.1) is 0 Å². The molecule has 2 aromatic rings. The van der Waals surface area contributed by atoms with Crippen LogP contribution in [-0.4, -0.2) is 4.98 Å². The summed E-state index contributed by atoms with van der Waals surface area (Å²) in [4.78, 5) is 26.9. The summed E-state index contributed by atoms with van der Waals surface area (Å²) in [5.74, 6) is 0. The van der Waals surface area contributed by atoms with Crippen molar-refractivity contribution >= 4 is 25.3 Å². The van der Waals surface area contributed by atoms with Gasteiger partial charge < -0.3 is 14.4 Å². The molecule has 1 aliphatic rings. The van der Waals surface area contributed by atoms with Crippen molar-refractivity contribution < 1.29 is 73.5 Å². The molecule has 0 aliphatic heterocycles. The van der Waals surface area contributed by atoms with E-state index in [2.05, 4.69) is 4.98 Å². The molecular weight excluding hydrogens is 319 g/mol. The van der Waals surface area contributed by atoms with Crippen LogP contribution in [0.25, 0.3) is 17.7 Å². The molecule has 1 aromatic heterocycles. The van der Waals surface area contributed by atoms with Crippen molar-refractivity contribution in [2.24, 2.45) is 0 Å². The first kappa shape index (κ1) is 20.0. The number of rotatable bonds is 2. The molecule has 0 saturated carbocycles. The largest absolute Gasteiger partial charge is 1.00 e. The number of nitrogens with zero attached hydrogens (tertiary/aromatic N) is 1. The summed E-state index contributed by atoms with van der Waals surface area (Å²) in [6.45, 7) is 0. The van der Waals surface area contributed by atoms with Crippen molar-refractivity contribution in [2.45, 2.75) is 0 Å². The van der Waals surface area contributed by atoms with E-state index in [0.29, 0.717) is 5.57 Å². The van der Waals surface area contributed by atoms with Crippen molar-refractivity contribution in [1.82, 2.24) is 4.98 Å². The maximum absolute atomic E-state index is 11.5. The summed E-state index contributed by atoms with van der Waals surface area (Å²) < 4.78 is 11.5. The van der Waals surface area contributed by atoms with Gasteiger partial charge in [-0.2, -0.15) is 0 Å². The molecule has 0 saturated heterocycles. The van der Waals surface area contributed by atoms with Crippen LogP contribution in [0.3, 0.4) is 0 Å². The topological polar surface area (TPSA) is 76.1 Å². The van der Waals surface area contributed by atoms with Gasteiger partial charge >= 0.3 is 59.1 Å². The van der Waals surface area contributed by atoms with Crippen LogP contribution < -0.4 is 68.9 Å². The molecule has 0 unspecified atom stereocenters. The van der Waals surface area contributed by atoms with E-state index in [9.17, 15) is 14.4 Å². The minimum atomic E-state index is -4.82. The number of hydrogen-bond acceptors (Lipinski definition) is 4. The van der Waals surface area contributed by atoms with Crippen LogP contribution in [0.5, 0.6) is 0 Å². The van der Waals surface area contributed by atoms with E-state index < -0.39 is 7.60 Å². The molecule has 3 rings (SSSR count). The SMILES string of the molecule is O=P([O-])([O-])C1=Cc2ccccc2C1=Cc1cccnc1.[Na+].[Na+]. The Morgan fingerprint density at radius 3 is 2.41 bits per heavy atom. The van der Waals surface area contributed by atoms with Crippen LogP contribution in [0.4, 0.5) is 0 Å². The number of benzene rings is 1. The second kappa shape index (κ2) is 8.20. The quantitative estimate of drug-likeness (QED) is 0.415. The van der Waals surface area contributed by atoms with Gasteiger partial charge in [-0.1, -0.05) is 30.3 Å². The Kier molecular flexibility index (Phi) is 7.47. The zero-order valence-corrected chi connectivity index (χ0v) is 17.3. The van der Waals surface area contributed by atoms with Gasteiger partial charge in [0.2, 0.25) is 0 Å². The summed E-state index contributed by atoms with van der Waals surface area (Å²) in [7, 11) is -4.82. The van der Waals surface area contributed by atoms with Crippen molar-refractivity contribution in [1.29, 1.82) is 0 Å². The van der Waals surface area contributed by atoms with Crippen molar-refractivity contribution in [2.75, 3.05) is 0 Å². The third-order valence-electron chi connectivity index (χ3n) is 3.11. The molecule has 7 heteroatoms. The Morgan fingerprint density at radius 2 is 1.77 bits per heavy atom. The predicted molar refractivity (Wildman–Crippen MR) is 74.1 cm³/mol. The average molecular weight is 329 g/mol. The molecule has 0 amide bonds. The summed E-state index contributed by atoms with van der Waals surface area (Å²) in [6.07, 6.45) is 6.35. The van der Waals surface area contributed by atoms with Crippen LogP contribution in [0.2, 0.25) is 0 Å². The monoisotopic (exact) mass is 329 g/mol. The fourth-order valence-electron chi connectivity index (χ4n) is 2.24. The Hall–Kier alpha value is 0.000000000000000444. The molecule has 22 heavy (non-hydrogen) atoms. The number of hydrogen-bond donors (Lipinski definition) is 0. The van der Waals surface area contributed by atoms with E-state index in [1.165, 1.54) is 6.08 Å². The summed E-state index contributed by atoms with van der Waals surface area (Å²) >= 11 is 0. The van der Waals surface area contributed by atoms with Crippen LogP contribution in [0.15, 0.2) is 54.1 Å². The Bertz CT molecular complexity index is 769. The van der Waals surface area contributed by atoms with Gasteiger partial charge in [0.1, 0.15) is 0 Å². The van der Waals surface area contributed by atoms with Crippen molar-refractivity contribution in [3.8, 4) is 0 Å². The van der Waals surface area contributed by atoms with Gasteiger partial charge in [0.15, 0.2) is 0 Å². The van der Waals surface area contributed by atoms with E-state index in [0.717, 1.165) is 16.7 Å². The maximum Gasteiger partial charge on any atom is 1.00 e. The molecule has 0 spiro atoms. The second-order valence-electron chi connectivity index (χ2n) is 4.46. The maximum atomic E-state index is 11.5. The number of allylic oxidation sites excluding steroid dienone is 2. The third-order valence-corrected chi connectivity index (χ3v) is 4.07. The number of pyridine rings is 1. The molecule has 0 atom stereocenters. The van der Waals surface area contributed by atoms with E-state index in [-0.39, 0.29) is 64.4 Å². The number of fused-ring (bicyclic) bond motifs is 1. The molecule has 1 aromatic carbocycles. The van der Waals surface area contributed by atoms with Gasteiger partial charge in [0.25, 0.3) is 0 Å². The zero-order chi connectivity index (χ0) is 14.2. The van der Waals surface area contributed by atoms with Gasteiger partial charge in [-0.05, 0) is 53.4 Å². The summed E-state index contributed by atoms with van der Waals surface area (Å²) in [5.41, 5.74) is 2.67. The molecule has 4 nitrogen and oxygen atoms in total. The Labute approximate surface area is 173 Å². The second-order valence-corrected chi connectivity index (χ2v) is 5.94. The van der Waals surface area contributed by atoms with Crippen LogP contribution in [0.1, 0.15) is 16.7 Å². The third kappa shape index (κ3) is 4.30. The van der Waals surface area contributed by atoms with Crippen LogP contribution in [0, 0.1) is 0 Å². The smallest absolute Gasteiger partial charge is 0.807 e. The minimum Gasteiger partial charge on any atom is -0.807 e. The van der Waals surface area contributed by atoms with Gasteiger partial charge in [0.05, 0.1) is 0 Å². The molecule has 0 radical (unpaired) electrons. The van der Waals surface area contributed by atoms with Crippen LogP contribution >= 0.6 is 7.60 Å². The summed E-state index contributed by atoms with van der Waals surface area (Å²) in [5, 5.41) is -0.164. The molecule has 0 fully saturated rings. The Morgan fingerprint density at radius 1 is 1.05 bits per heavy atom. The molecule has 1 heterocycles. The molecule has 100 valence electrons. The van der Waals surface area contributed by atoms with E-state index in [4.69, 9.17) is 0 Å². The first-order chi connectivity index (χ1) is 9.55. The summed E-state index contributed by atoms with van der Waals surface area (Å²) in [6, 6.07) is 10.8. The average Bonchev–Trinajstić information content (AvgIpc) is 2.79. The van der Waals surface area contributed by atoms with Gasteiger partial charge in [-0.3, -0.25) is 4.98 Å². The van der Waals surface area contributed by atoms with E-state index in [1.807, 2.05) is 6.07 Å². The molecule has 0 N–H and O–H groups in total. The fourth-order valence-corrected chi connectivity index (χ4v) is 3.01. The minimum absolute atomic E-state index is 0. The van der Waals surface area contributed by atoms with Gasteiger partial charge in [-0.25, -0.2) is 0 Å². The predicted octanol–water partition coefficient (Wildman–Crippen LogP) is -4.10. The first-order valence-electron chi connectivity index (χ1n) is 6.01. The Balaban J connectivity index is 0.00000121. The van der Waals surface area contributed by atoms with Crippen LogP contribution in [-0.2, 0) is 4.57 Å². The molecular formula is C15H10NNa2O3P. The van der Waals surface area contributed by atoms with Crippen molar-refractivity contribution in [3.63, 3.8) is 0 Å². The standard InChI is InChI=1S/C15H12NO3P.2Na/c17-20(18,19)15-9-12-5-1-2-6-13(12)14(15)8-11-4-3-7-16-10-11;;/h1-10H,(H2,17,18,19);;/q;2*+1/p-2. The fraction of sp³-hybridized carbons (Fsp3) is 0. The van der Waals surface area contributed by atoms with E-state index in [1.54, 1.807) is 48.8 Å². The first-order valence-corrected chi connectivity index (χ1v) is 7.56. The molecule has 0 bridgehead atoms. The number of aromatic nitrogens is 1. The van der Waals surface area contributed by atoms with Gasteiger partial charge in [0, 0.05) is 12.4 Å². The van der Waals surface area contributed by atoms with Crippen molar-refractivity contribution in [3.05, 3.63) is 70.8 Å².